The van der Waals surface area contributed by atoms with Crippen molar-refractivity contribution in [3.8, 4) is 0 Å². The Morgan fingerprint density at radius 3 is 2.55 bits per heavy atom. The summed E-state index contributed by atoms with van der Waals surface area (Å²) in [6.07, 6.45) is 0.295. The normalized spacial score (nSPS) is 23.1. The highest BCUT2D eigenvalue weighted by molar-refractivity contribution is 7.89. The summed E-state index contributed by atoms with van der Waals surface area (Å²) in [5.41, 5.74) is -0.168. The van der Waals surface area contributed by atoms with Crippen LogP contribution in [0, 0.1) is 5.41 Å². The molecule has 1 atom stereocenters. The Morgan fingerprint density at radius 1 is 1.41 bits per heavy atom. The first-order chi connectivity index (χ1) is 10.1. The number of hydrogen-bond donors (Lipinski definition) is 1. The molecule has 1 aliphatic heterocycles. The van der Waals surface area contributed by atoms with Crippen LogP contribution in [0.2, 0.25) is 5.02 Å². The Kier molecular flexibility index (Phi) is 4.57. The van der Waals surface area contributed by atoms with Gasteiger partial charge in [-0.2, -0.15) is 4.31 Å². The molecular formula is C15H20ClNO4S. The van der Waals surface area contributed by atoms with Crippen LogP contribution in [-0.2, 0) is 14.8 Å². The van der Waals surface area contributed by atoms with Crippen LogP contribution in [0.25, 0.3) is 0 Å². The van der Waals surface area contributed by atoms with Crippen LogP contribution >= 0.6 is 11.6 Å². The molecule has 0 saturated carbocycles. The predicted molar refractivity (Wildman–Crippen MR) is 84.7 cm³/mol. The van der Waals surface area contributed by atoms with Gasteiger partial charge in [0.25, 0.3) is 0 Å². The highest BCUT2D eigenvalue weighted by Gasteiger charge is 2.45. The number of carbonyl (C=O) groups is 1. The van der Waals surface area contributed by atoms with Gasteiger partial charge >= 0.3 is 5.97 Å². The van der Waals surface area contributed by atoms with Crippen molar-refractivity contribution in [1.82, 2.24) is 4.31 Å². The summed E-state index contributed by atoms with van der Waals surface area (Å²) in [7, 11) is -3.79. The number of nitrogens with zero attached hydrogens (tertiary/aromatic N) is 1. The van der Waals surface area contributed by atoms with Crippen molar-refractivity contribution in [2.24, 2.45) is 5.41 Å². The van der Waals surface area contributed by atoms with E-state index in [2.05, 4.69) is 0 Å². The molecule has 2 rings (SSSR count). The topological polar surface area (TPSA) is 74.7 Å². The van der Waals surface area contributed by atoms with Crippen LogP contribution in [0.5, 0.6) is 0 Å². The van der Waals surface area contributed by atoms with Crippen molar-refractivity contribution in [3.05, 3.63) is 28.8 Å². The second-order valence-electron chi connectivity index (χ2n) is 6.30. The van der Waals surface area contributed by atoms with Crippen LogP contribution in [-0.4, -0.2) is 36.9 Å². The zero-order valence-corrected chi connectivity index (χ0v) is 14.4. The second-order valence-corrected chi connectivity index (χ2v) is 8.61. The Labute approximate surface area is 135 Å². The summed E-state index contributed by atoms with van der Waals surface area (Å²) < 4.78 is 26.8. The van der Waals surface area contributed by atoms with E-state index < -0.39 is 21.4 Å². The van der Waals surface area contributed by atoms with Crippen molar-refractivity contribution in [2.75, 3.05) is 13.1 Å². The van der Waals surface area contributed by atoms with Gasteiger partial charge in [0.15, 0.2) is 0 Å². The van der Waals surface area contributed by atoms with Crippen molar-refractivity contribution >= 4 is 27.6 Å². The molecule has 1 aromatic rings. The van der Waals surface area contributed by atoms with Gasteiger partial charge in [0.2, 0.25) is 10.0 Å². The molecule has 0 aliphatic carbocycles. The number of rotatable bonds is 4. The molecule has 0 amide bonds. The van der Waals surface area contributed by atoms with Gasteiger partial charge in [0.05, 0.1) is 10.4 Å². The molecule has 0 spiro atoms. The number of carboxylic acids is 1. The van der Waals surface area contributed by atoms with Gasteiger partial charge in [-0.3, -0.25) is 4.79 Å². The molecule has 5 nitrogen and oxygen atoms in total. The zero-order chi connectivity index (χ0) is 16.7. The molecule has 122 valence electrons. The van der Waals surface area contributed by atoms with Gasteiger partial charge in [-0.05, 0) is 37.0 Å². The van der Waals surface area contributed by atoms with Crippen LogP contribution in [0.15, 0.2) is 23.1 Å². The Bertz CT molecular complexity index is 701. The third-order valence-electron chi connectivity index (χ3n) is 4.19. The lowest BCUT2D eigenvalue weighted by molar-refractivity contribution is -0.146. The monoisotopic (exact) mass is 345 g/mol. The molecule has 0 bridgehead atoms. The first kappa shape index (κ1) is 17.2. The van der Waals surface area contributed by atoms with Crippen molar-refractivity contribution < 1.29 is 18.3 Å². The molecule has 1 aliphatic rings. The fourth-order valence-corrected chi connectivity index (χ4v) is 4.59. The Morgan fingerprint density at radius 2 is 2.05 bits per heavy atom. The lowest BCUT2D eigenvalue weighted by Crippen LogP contribution is -2.35. The summed E-state index contributed by atoms with van der Waals surface area (Å²) in [5, 5.41) is 9.41. The van der Waals surface area contributed by atoms with Gasteiger partial charge in [-0.25, -0.2) is 8.42 Å². The standard InChI is InChI=1S/C15H20ClNO4S/c1-10(2)11-4-5-12(16)13(8-11)22(20,21)17-7-6-15(3,9-17)14(18)19/h4-5,8,10H,6-7,9H2,1-3H3,(H,18,19). The summed E-state index contributed by atoms with van der Waals surface area (Å²) in [6, 6.07) is 4.96. The van der Waals surface area contributed by atoms with Crippen molar-refractivity contribution in [1.29, 1.82) is 0 Å². The zero-order valence-electron chi connectivity index (χ0n) is 12.8. The van der Waals surface area contributed by atoms with Gasteiger partial charge in [-0.1, -0.05) is 31.5 Å². The van der Waals surface area contributed by atoms with Gasteiger partial charge in [0.1, 0.15) is 4.90 Å². The van der Waals surface area contributed by atoms with E-state index in [-0.39, 0.29) is 28.9 Å². The highest BCUT2D eigenvalue weighted by atomic mass is 35.5. The SMILES string of the molecule is CC(C)c1ccc(Cl)c(S(=O)(=O)N2CCC(C)(C(=O)O)C2)c1. The molecule has 0 radical (unpaired) electrons. The summed E-state index contributed by atoms with van der Waals surface area (Å²) in [4.78, 5) is 11.3. The molecular weight excluding hydrogens is 326 g/mol. The van der Waals surface area contributed by atoms with Crippen LogP contribution < -0.4 is 0 Å². The van der Waals surface area contributed by atoms with E-state index >= 15 is 0 Å². The predicted octanol–water partition coefficient (Wildman–Crippen LogP) is 2.95. The molecule has 1 saturated heterocycles. The van der Waals surface area contributed by atoms with E-state index in [1.807, 2.05) is 13.8 Å². The van der Waals surface area contributed by atoms with E-state index in [1.165, 1.54) is 4.31 Å². The number of carboxylic acid groups (broad SMARTS) is 1. The number of aliphatic carboxylic acids is 1. The summed E-state index contributed by atoms with van der Waals surface area (Å²) in [6.45, 7) is 5.66. The van der Waals surface area contributed by atoms with Crippen LogP contribution in [0.3, 0.4) is 0 Å². The smallest absolute Gasteiger partial charge is 0.310 e. The maximum atomic E-state index is 12.8. The van der Waals surface area contributed by atoms with Crippen LogP contribution in [0.4, 0.5) is 0 Å². The second kappa shape index (κ2) is 5.83. The number of hydrogen-bond acceptors (Lipinski definition) is 3. The number of sulfonamides is 1. The number of benzene rings is 1. The van der Waals surface area contributed by atoms with Crippen molar-refractivity contribution in [2.45, 2.75) is 38.0 Å². The fourth-order valence-electron chi connectivity index (χ4n) is 2.51. The lowest BCUT2D eigenvalue weighted by atomic mass is 9.90. The minimum atomic E-state index is -3.79. The third-order valence-corrected chi connectivity index (χ3v) is 6.52. The van der Waals surface area contributed by atoms with E-state index in [9.17, 15) is 18.3 Å². The number of halogens is 1. The van der Waals surface area contributed by atoms with Crippen molar-refractivity contribution in [3.63, 3.8) is 0 Å². The highest BCUT2D eigenvalue weighted by Crippen LogP contribution is 2.36. The van der Waals surface area contributed by atoms with Crippen LogP contribution in [0.1, 0.15) is 38.7 Å². The molecule has 1 N–H and O–H groups in total. The van der Waals surface area contributed by atoms with E-state index in [1.54, 1.807) is 25.1 Å². The van der Waals surface area contributed by atoms with Gasteiger partial charge < -0.3 is 5.11 Å². The largest absolute Gasteiger partial charge is 0.481 e. The fraction of sp³-hybridized carbons (Fsp3) is 0.533. The van der Waals surface area contributed by atoms with Gasteiger partial charge in [-0.15, -0.1) is 0 Å². The quantitative estimate of drug-likeness (QED) is 0.910. The molecule has 1 heterocycles. The molecule has 0 aromatic heterocycles. The Hall–Kier alpha value is -1.11. The lowest BCUT2D eigenvalue weighted by Gasteiger charge is -2.21. The molecule has 22 heavy (non-hydrogen) atoms. The molecule has 1 aromatic carbocycles. The minimum absolute atomic E-state index is 0.0348. The molecule has 7 heteroatoms. The van der Waals surface area contributed by atoms with E-state index in [0.29, 0.717) is 6.42 Å². The summed E-state index contributed by atoms with van der Waals surface area (Å²) in [5.74, 6) is -0.804. The minimum Gasteiger partial charge on any atom is -0.481 e. The maximum Gasteiger partial charge on any atom is 0.310 e. The average molecular weight is 346 g/mol. The summed E-state index contributed by atoms with van der Waals surface area (Å²) >= 11 is 6.08. The van der Waals surface area contributed by atoms with Gasteiger partial charge in [0, 0.05) is 13.1 Å². The first-order valence-electron chi connectivity index (χ1n) is 7.11. The first-order valence-corrected chi connectivity index (χ1v) is 8.93. The van der Waals surface area contributed by atoms with E-state index in [4.69, 9.17) is 11.6 Å². The average Bonchev–Trinajstić information content (AvgIpc) is 2.83. The molecule has 1 unspecified atom stereocenters. The van der Waals surface area contributed by atoms with E-state index in [0.717, 1.165) is 5.56 Å². The molecule has 1 fully saturated rings. The Balaban J connectivity index is 2.40. The third kappa shape index (κ3) is 3.00. The maximum absolute atomic E-state index is 12.8.